The van der Waals surface area contributed by atoms with Gasteiger partial charge in [0.2, 0.25) is 11.2 Å². The van der Waals surface area contributed by atoms with Gasteiger partial charge in [-0.3, -0.25) is 8.61 Å². The minimum Gasteiger partial charge on any atom is -0.444 e. The second-order valence-corrected chi connectivity index (χ2v) is 11.1. The van der Waals surface area contributed by atoms with Gasteiger partial charge >= 0.3 is 6.09 Å². The van der Waals surface area contributed by atoms with Crippen molar-refractivity contribution in [3.8, 4) is 0 Å². The quantitative estimate of drug-likeness (QED) is 0.672. The Balaban J connectivity index is 1.50. The van der Waals surface area contributed by atoms with Gasteiger partial charge in [-0.05, 0) is 39.3 Å². The van der Waals surface area contributed by atoms with E-state index in [4.69, 9.17) is 14.5 Å². The van der Waals surface area contributed by atoms with Crippen LogP contribution < -0.4 is 8.61 Å². The smallest absolute Gasteiger partial charge is 0.410 e. The fourth-order valence-corrected chi connectivity index (χ4v) is 5.41. The number of pyridine rings is 1. The molecule has 4 rings (SSSR count). The number of rotatable bonds is 4. The number of ether oxygens (including phenoxy) is 2. The van der Waals surface area contributed by atoms with Crippen molar-refractivity contribution in [3.63, 3.8) is 0 Å². The van der Waals surface area contributed by atoms with Crippen LogP contribution in [-0.2, 0) is 20.6 Å². The van der Waals surface area contributed by atoms with E-state index in [-0.39, 0.29) is 31.1 Å². The summed E-state index contributed by atoms with van der Waals surface area (Å²) in [5.74, 6) is -3.01. The van der Waals surface area contributed by atoms with E-state index in [1.54, 1.807) is 25.1 Å². The number of alkyl halides is 2. The largest absolute Gasteiger partial charge is 0.444 e. The van der Waals surface area contributed by atoms with E-state index in [2.05, 4.69) is 0 Å². The number of aromatic nitrogens is 1. The highest BCUT2D eigenvalue weighted by Gasteiger charge is 2.58. The number of hydrogen-bond acceptors (Lipinski definition) is 5. The lowest BCUT2D eigenvalue weighted by Crippen LogP contribution is -2.48. The van der Waals surface area contributed by atoms with Crippen LogP contribution in [0.1, 0.15) is 45.2 Å². The van der Waals surface area contributed by atoms with Crippen molar-refractivity contribution in [1.29, 1.82) is 0 Å². The number of hydrogen-bond donors (Lipinski definition) is 0. The van der Waals surface area contributed by atoms with Gasteiger partial charge < -0.3 is 14.4 Å². The molecule has 8 nitrogen and oxygen atoms in total. The fraction of sp³-hybridized carbons (Fsp3) is 0.714. The molecule has 1 saturated carbocycles. The monoisotopic (exact) mass is 472 g/mol. The molecular weight excluding hydrogens is 442 g/mol. The SMILES string of the molecule is COC1CN(C(=O)OC(C)(C)C)CCC1c1ccc2c(n1)N(C)S(=O)N2CC1CC1(F)F. The molecule has 3 heterocycles. The Hall–Kier alpha value is -2.01. The number of carbonyl (C=O) groups is 1. The van der Waals surface area contributed by atoms with Crippen LogP contribution in [0, 0.1) is 5.92 Å². The van der Waals surface area contributed by atoms with E-state index < -0.39 is 28.6 Å². The number of likely N-dealkylation sites (tertiary alicyclic amines) is 1. The molecule has 0 aromatic carbocycles. The molecule has 1 aromatic heterocycles. The molecule has 1 aliphatic carbocycles. The van der Waals surface area contributed by atoms with Crippen molar-refractivity contribution < 1.29 is 27.3 Å². The maximum absolute atomic E-state index is 13.4. The summed E-state index contributed by atoms with van der Waals surface area (Å²) in [4.78, 5) is 18.8. The van der Waals surface area contributed by atoms with Crippen molar-refractivity contribution in [2.75, 3.05) is 42.4 Å². The van der Waals surface area contributed by atoms with Crippen molar-refractivity contribution in [2.24, 2.45) is 5.92 Å². The second-order valence-electron chi connectivity index (χ2n) is 9.63. The summed E-state index contributed by atoms with van der Waals surface area (Å²) in [5, 5.41) is 0. The van der Waals surface area contributed by atoms with Gasteiger partial charge in [0.05, 0.1) is 18.3 Å². The zero-order chi connectivity index (χ0) is 23.4. The van der Waals surface area contributed by atoms with Crippen LogP contribution in [-0.4, -0.2) is 71.6 Å². The molecule has 178 valence electrons. The summed E-state index contributed by atoms with van der Waals surface area (Å²) in [5.41, 5.74) is 0.786. The number of carbonyl (C=O) groups excluding carboxylic acids is 1. The lowest BCUT2D eigenvalue weighted by atomic mass is 9.90. The predicted octanol–water partition coefficient (Wildman–Crippen LogP) is 3.31. The van der Waals surface area contributed by atoms with Gasteiger partial charge in [0.1, 0.15) is 5.60 Å². The van der Waals surface area contributed by atoms with Gasteiger partial charge in [-0.1, -0.05) is 0 Å². The van der Waals surface area contributed by atoms with E-state index in [0.717, 1.165) is 5.69 Å². The normalized spacial score (nSPS) is 29.2. The molecule has 1 saturated heterocycles. The first-order valence-corrected chi connectivity index (χ1v) is 11.8. The topological polar surface area (TPSA) is 75.2 Å². The number of nitrogens with zero attached hydrogens (tertiary/aromatic N) is 4. The Bertz CT molecular complexity index is 926. The van der Waals surface area contributed by atoms with Gasteiger partial charge in [0, 0.05) is 51.2 Å². The first-order chi connectivity index (χ1) is 14.9. The minimum absolute atomic E-state index is 0.0347. The summed E-state index contributed by atoms with van der Waals surface area (Å²) >= 11 is -1.59. The molecule has 1 aromatic rings. The Morgan fingerprint density at radius 1 is 1.34 bits per heavy atom. The van der Waals surface area contributed by atoms with Crippen LogP contribution in [0.3, 0.4) is 0 Å². The summed E-state index contributed by atoms with van der Waals surface area (Å²) in [6.45, 7) is 6.39. The molecule has 2 fully saturated rings. The first-order valence-electron chi connectivity index (χ1n) is 10.7. The van der Waals surface area contributed by atoms with Crippen molar-refractivity contribution >= 4 is 28.8 Å². The Labute approximate surface area is 189 Å². The zero-order valence-electron chi connectivity index (χ0n) is 19.0. The molecular formula is C21H30F2N4O4S. The molecule has 4 atom stereocenters. The molecule has 3 aliphatic rings. The van der Waals surface area contributed by atoms with E-state index in [1.165, 1.54) is 8.61 Å². The summed E-state index contributed by atoms with van der Waals surface area (Å²) in [6, 6.07) is 3.64. The fourth-order valence-electron chi connectivity index (χ4n) is 4.21. The third-order valence-corrected chi connectivity index (χ3v) is 7.47. The third kappa shape index (κ3) is 4.41. The van der Waals surface area contributed by atoms with Crippen LogP contribution in [0.5, 0.6) is 0 Å². The van der Waals surface area contributed by atoms with Gasteiger partial charge in [0.15, 0.2) is 5.82 Å². The Morgan fingerprint density at radius 2 is 2.03 bits per heavy atom. The lowest BCUT2D eigenvalue weighted by molar-refractivity contribution is -0.0144. The number of fused-ring (bicyclic) bond motifs is 1. The molecule has 1 amide bonds. The highest BCUT2D eigenvalue weighted by Crippen LogP contribution is 2.51. The van der Waals surface area contributed by atoms with Gasteiger partial charge in [-0.2, -0.15) is 0 Å². The molecule has 0 N–H and O–H groups in total. The molecule has 4 unspecified atom stereocenters. The molecule has 0 radical (unpaired) electrons. The standard InChI is InChI=1S/C21H30F2N4O4S/c1-20(2,3)31-19(28)26-9-8-14(17(12-26)30-5)15-6-7-16-18(24-15)25(4)32(29)27(16)11-13-10-21(13,22)23/h6-7,13-14,17H,8-12H2,1-5H3. The summed E-state index contributed by atoms with van der Waals surface area (Å²) in [6.07, 6.45) is -0.187. The molecule has 0 spiro atoms. The van der Waals surface area contributed by atoms with Crippen LogP contribution in [0.2, 0.25) is 0 Å². The van der Waals surface area contributed by atoms with Gasteiger partial charge in [-0.25, -0.2) is 22.8 Å². The van der Waals surface area contributed by atoms with Crippen molar-refractivity contribution in [3.05, 3.63) is 17.8 Å². The third-order valence-electron chi connectivity index (χ3n) is 6.10. The van der Waals surface area contributed by atoms with E-state index in [9.17, 15) is 17.8 Å². The summed E-state index contributed by atoms with van der Waals surface area (Å²) < 4.78 is 53.8. The first kappa shape index (κ1) is 23.2. The Morgan fingerprint density at radius 3 is 2.62 bits per heavy atom. The van der Waals surface area contributed by atoms with E-state index in [1.807, 2.05) is 26.8 Å². The van der Waals surface area contributed by atoms with Crippen molar-refractivity contribution in [2.45, 2.75) is 57.2 Å². The number of piperidine rings is 1. The van der Waals surface area contributed by atoms with Gasteiger partial charge in [0.25, 0.3) is 5.92 Å². The molecule has 0 bridgehead atoms. The van der Waals surface area contributed by atoms with Crippen molar-refractivity contribution in [1.82, 2.24) is 9.88 Å². The highest BCUT2D eigenvalue weighted by molar-refractivity contribution is 7.88. The lowest BCUT2D eigenvalue weighted by Gasteiger charge is -2.38. The second kappa shape index (κ2) is 8.09. The van der Waals surface area contributed by atoms with Crippen LogP contribution in [0.15, 0.2) is 12.1 Å². The van der Waals surface area contributed by atoms with Crippen LogP contribution in [0.4, 0.5) is 25.1 Å². The number of halogens is 2. The molecule has 11 heteroatoms. The average molecular weight is 473 g/mol. The Kier molecular flexibility index (Phi) is 5.85. The van der Waals surface area contributed by atoms with Gasteiger partial charge in [-0.15, -0.1) is 0 Å². The number of anilines is 2. The molecule has 32 heavy (non-hydrogen) atoms. The number of methoxy groups -OCH3 is 1. The molecule has 2 aliphatic heterocycles. The predicted molar refractivity (Wildman–Crippen MR) is 117 cm³/mol. The zero-order valence-corrected chi connectivity index (χ0v) is 19.8. The van der Waals surface area contributed by atoms with E-state index >= 15 is 0 Å². The highest BCUT2D eigenvalue weighted by atomic mass is 32.2. The number of amides is 1. The maximum Gasteiger partial charge on any atom is 0.410 e. The van der Waals surface area contributed by atoms with Crippen LogP contribution >= 0.6 is 0 Å². The minimum atomic E-state index is -2.67. The summed E-state index contributed by atoms with van der Waals surface area (Å²) in [7, 11) is 3.25. The maximum atomic E-state index is 13.4. The van der Waals surface area contributed by atoms with Crippen LogP contribution in [0.25, 0.3) is 0 Å². The average Bonchev–Trinajstić information content (AvgIpc) is 3.26. The van der Waals surface area contributed by atoms with E-state index in [0.29, 0.717) is 31.0 Å².